The summed E-state index contributed by atoms with van der Waals surface area (Å²) in [5, 5.41) is 0. The Bertz CT molecular complexity index is 724. The van der Waals surface area contributed by atoms with Gasteiger partial charge in [0.15, 0.2) is 11.5 Å². The van der Waals surface area contributed by atoms with Gasteiger partial charge in [0, 0.05) is 0 Å². The zero-order valence-electron chi connectivity index (χ0n) is 13.7. The van der Waals surface area contributed by atoms with E-state index < -0.39 is 17.7 Å². The van der Waals surface area contributed by atoms with Crippen molar-refractivity contribution in [2.45, 2.75) is 19.7 Å². The number of rotatable bonds is 6. The number of alkyl halides is 3. The van der Waals surface area contributed by atoms with Crippen LogP contribution in [0.5, 0.6) is 11.5 Å². The number of benzene rings is 2. The molecule has 2 aromatic carbocycles. The van der Waals surface area contributed by atoms with Crippen LogP contribution in [-0.2, 0) is 17.5 Å². The summed E-state index contributed by atoms with van der Waals surface area (Å²) in [4.78, 5) is 11.7. The van der Waals surface area contributed by atoms with Crippen molar-refractivity contribution in [3.05, 3.63) is 59.2 Å². The third-order valence-electron chi connectivity index (χ3n) is 3.35. The second kappa shape index (κ2) is 7.92. The highest BCUT2D eigenvalue weighted by Gasteiger charge is 2.29. The lowest BCUT2D eigenvalue weighted by atomic mass is 10.1. The second-order valence-corrected chi connectivity index (χ2v) is 5.07. The molecule has 0 saturated heterocycles. The Kier molecular flexibility index (Phi) is 5.90. The quantitative estimate of drug-likeness (QED) is 0.718. The topological polar surface area (TPSA) is 44.8 Å². The van der Waals surface area contributed by atoms with Gasteiger partial charge in [-0.25, -0.2) is 4.79 Å². The van der Waals surface area contributed by atoms with Crippen molar-refractivity contribution in [3.63, 3.8) is 0 Å². The van der Waals surface area contributed by atoms with Gasteiger partial charge in [-0.15, -0.1) is 0 Å². The van der Waals surface area contributed by atoms with Gasteiger partial charge in [0.2, 0.25) is 0 Å². The lowest BCUT2D eigenvalue weighted by Crippen LogP contribution is -2.06. The molecule has 0 amide bonds. The Labute approximate surface area is 143 Å². The smallest absolute Gasteiger partial charge is 0.416 e. The molecule has 134 valence electrons. The first-order valence-corrected chi connectivity index (χ1v) is 7.49. The molecule has 0 bridgehead atoms. The van der Waals surface area contributed by atoms with Gasteiger partial charge in [-0.05, 0) is 42.8 Å². The Morgan fingerprint density at radius 2 is 1.72 bits per heavy atom. The van der Waals surface area contributed by atoms with Crippen molar-refractivity contribution in [3.8, 4) is 11.5 Å². The minimum Gasteiger partial charge on any atom is -0.493 e. The molecule has 0 aromatic heterocycles. The fourth-order valence-electron chi connectivity index (χ4n) is 2.08. The fraction of sp³-hybridized carbons (Fsp3) is 0.278. The number of carbonyl (C=O) groups excluding carboxylic acids is 1. The predicted molar refractivity (Wildman–Crippen MR) is 84.7 cm³/mol. The second-order valence-electron chi connectivity index (χ2n) is 5.07. The Morgan fingerprint density at radius 3 is 2.28 bits per heavy atom. The molecule has 0 aliphatic rings. The van der Waals surface area contributed by atoms with E-state index in [9.17, 15) is 18.0 Å². The van der Waals surface area contributed by atoms with E-state index in [0.717, 1.165) is 12.1 Å². The lowest BCUT2D eigenvalue weighted by Gasteiger charge is -2.12. The van der Waals surface area contributed by atoms with Crippen LogP contribution in [0.2, 0.25) is 0 Å². The molecular weight excluding hydrogens is 337 g/mol. The van der Waals surface area contributed by atoms with Crippen molar-refractivity contribution in [1.29, 1.82) is 0 Å². The van der Waals surface area contributed by atoms with Gasteiger partial charge in [-0.3, -0.25) is 0 Å². The van der Waals surface area contributed by atoms with Crippen molar-refractivity contribution in [1.82, 2.24) is 0 Å². The van der Waals surface area contributed by atoms with E-state index in [1.165, 1.54) is 31.4 Å². The van der Waals surface area contributed by atoms with Crippen LogP contribution in [-0.4, -0.2) is 19.7 Å². The minimum atomic E-state index is -4.37. The summed E-state index contributed by atoms with van der Waals surface area (Å²) in [6.45, 7) is 2.03. The van der Waals surface area contributed by atoms with Crippen LogP contribution in [0.4, 0.5) is 13.2 Å². The number of ether oxygens (including phenoxy) is 3. The molecule has 0 N–H and O–H groups in total. The molecule has 0 fully saturated rings. The molecule has 0 aliphatic heterocycles. The highest BCUT2D eigenvalue weighted by atomic mass is 19.4. The normalized spacial score (nSPS) is 11.1. The first kappa shape index (κ1) is 18.6. The molecule has 4 nitrogen and oxygen atoms in total. The standard InChI is InChI=1S/C18H17F3O4/c1-3-24-17(22)13-6-9-15(16(10-13)23-2)25-11-12-4-7-14(8-5-12)18(19,20)21/h4-10H,3,11H2,1-2H3. The van der Waals surface area contributed by atoms with E-state index in [1.54, 1.807) is 13.0 Å². The van der Waals surface area contributed by atoms with Gasteiger partial charge < -0.3 is 14.2 Å². The molecule has 2 rings (SSSR count). The van der Waals surface area contributed by atoms with E-state index >= 15 is 0 Å². The van der Waals surface area contributed by atoms with Crippen LogP contribution < -0.4 is 9.47 Å². The van der Waals surface area contributed by atoms with Crippen molar-refractivity contribution in [2.75, 3.05) is 13.7 Å². The summed E-state index contributed by atoms with van der Waals surface area (Å²) in [6, 6.07) is 9.27. The Balaban J connectivity index is 2.08. The number of esters is 1. The molecule has 0 atom stereocenters. The number of carbonyl (C=O) groups is 1. The summed E-state index contributed by atoms with van der Waals surface area (Å²) >= 11 is 0. The van der Waals surface area contributed by atoms with Crippen LogP contribution in [0.1, 0.15) is 28.4 Å². The van der Waals surface area contributed by atoms with Crippen LogP contribution in [0.3, 0.4) is 0 Å². The highest BCUT2D eigenvalue weighted by molar-refractivity contribution is 5.90. The maximum Gasteiger partial charge on any atom is 0.416 e. The molecule has 0 radical (unpaired) electrons. The molecule has 2 aromatic rings. The summed E-state index contributed by atoms with van der Waals surface area (Å²) < 4.78 is 53.3. The van der Waals surface area contributed by atoms with Gasteiger partial charge in [-0.1, -0.05) is 12.1 Å². The molecule has 25 heavy (non-hydrogen) atoms. The maximum absolute atomic E-state index is 12.5. The van der Waals surface area contributed by atoms with E-state index in [1.807, 2.05) is 0 Å². The highest BCUT2D eigenvalue weighted by Crippen LogP contribution is 2.31. The third-order valence-corrected chi connectivity index (χ3v) is 3.35. The van der Waals surface area contributed by atoms with E-state index in [2.05, 4.69) is 0 Å². The van der Waals surface area contributed by atoms with Gasteiger partial charge in [-0.2, -0.15) is 13.2 Å². The summed E-state index contributed by atoms with van der Waals surface area (Å²) in [6.07, 6.45) is -4.37. The molecule has 0 aliphatic carbocycles. The SMILES string of the molecule is CCOC(=O)c1ccc(OCc2ccc(C(F)(F)F)cc2)c(OC)c1. The van der Waals surface area contributed by atoms with Gasteiger partial charge in [0.05, 0.1) is 24.8 Å². The van der Waals surface area contributed by atoms with E-state index in [4.69, 9.17) is 14.2 Å². The number of halogens is 3. The van der Waals surface area contributed by atoms with Crippen molar-refractivity contribution in [2.24, 2.45) is 0 Å². The van der Waals surface area contributed by atoms with Gasteiger partial charge >= 0.3 is 12.1 Å². The van der Waals surface area contributed by atoms with Crippen LogP contribution in [0.15, 0.2) is 42.5 Å². The first-order valence-electron chi connectivity index (χ1n) is 7.49. The van der Waals surface area contributed by atoms with Crippen LogP contribution in [0, 0.1) is 0 Å². The fourth-order valence-corrected chi connectivity index (χ4v) is 2.08. The summed E-state index contributed by atoms with van der Waals surface area (Å²) in [5.74, 6) is 0.225. The monoisotopic (exact) mass is 354 g/mol. The van der Waals surface area contributed by atoms with E-state index in [-0.39, 0.29) is 13.2 Å². The number of hydrogen-bond donors (Lipinski definition) is 0. The number of hydrogen-bond acceptors (Lipinski definition) is 4. The Hall–Kier alpha value is -2.70. The maximum atomic E-state index is 12.5. The predicted octanol–water partition coefficient (Wildman–Crippen LogP) is 4.47. The minimum absolute atomic E-state index is 0.0627. The Morgan fingerprint density at radius 1 is 1.04 bits per heavy atom. The third kappa shape index (κ3) is 4.89. The van der Waals surface area contributed by atoms with Crippen molar-refractivity contribution >= 4 is 5.97 Å². The van der Waals surface area contributed by atoms with E-state index in [0.29, 0.717) is 22.6 Å². The molecule has 0 spiro atoms. The van der Waals surface area contributed by atoms with Crippen molar-refractivity contribution < 1.29 is 32.2 Å². The van der Waals surface area contributed by atoms with Gasteiger partial charge in [0.1, 0.15) is 6.61 Å². The molecular formula is C18H17F3O4. The zero-order chi connectivity index (χ0) is 18.4. The molecule has 0 unspecified atom stereocenters. The number of methoxy groups -OCH3 is 1. The summed E-state index contributed by atoms with van der Waals surface area (Å²) in [5.41, 5.74) is 0.178. The zero-order valence-corrected chi connectivity index (χ0v) is 13.7. The average Bonchev–Trinajstić information content (AvgIpc) is 2.59. The molecule has 0 saturated carbocycles. The largest absolute Gasteiger partial charge is 0.493 e. The van der Waals surface area contributed by atoms with Gasteiger partial charge in [0.25, 0.3) is 0 Å². The molecule has 0 heterocycles. The summed E-state index contributed by atoms with van der Waals surface area (Å²) in [7, 11) is 1.43. The van der Waals surface area contributed by atoms with Crippen LogP contribution >= 0.6 is 0 Å². The average molecular weight is 354 g/mol. The lowest BCUT2D eigenvalue weighted by molar-refractivity contribution is -0.137. The molecule has 7 heteroatoms. The first-order chi connectivity index (χ1) is 11.8. The van der Waals surface area contributed by atoms with Crippen LogP contribution in [0.25, 0.3) is 0 Å².